The average Bonchev–Trinajstić information content (AvgIpc) is 2.90. The molecule has 0 aromatic heterocycles. The molecule has 2 rings (SSSR count). The van der Waals surface area contributed by atoms with Crippen LogP contribution in [0.4, 0.5) is 0 Å². The summed E-state index contributed by atoms with van der Waals surface area (Å²) in [7, 11) is -2.99. The summed E-state index contributed by atoms with van der Waals surface area (Å²) in [5.41, 5.74) is 0.939. The van der Waals surface area contributed by atoms with Crippen LogP contribution < -0.4 is 10.6 Å². The SMILES string of the molecule is CCNC(=NCCCCN1C(=O)c2ccccc2C1=O)NC(C)CCS(C)(=O)=O.I. The zero-order valence-corrected chi connectivity index (χ0v) is 20.8. The van der Waals surface area contributed by atoms with E-state index in [-0.39, 0.29) is 47.6 Å². The highest BCUT2D eigenvalue weighted by molar-refractivity contribution is 14.0. The summed E-state index contributed by atoms with van der Waals surface area (Å²) in [4.78, 5) is 30.5. The Morgan fingerprint density at radius 2 is 1.73 bits per heavy atom. The lowest BCUT2D eigenvalue weighted by Crippen LogP contribution is -2.43. The third-order valence-electron chi connectivity index (χ3n) is 4.59. The number of sulfone groups is 1. The van der Waals surface area contributed by atoms with Gasteiger partial charge in [0.15, 0.2) is 5.96 Å². The van der Waals surface area contributed by atoms with E-state index in [2.05, 4.69) is 15.6 Å². The van der Waals surface area contributed by atoms with Crippen LogP contribution in [0, 0.1) is 0 Å². The van der Waals surface area contributed by atoms with Gasteiger partial charge in [-0.25, -0.2) is 8.42 Å². The van der Waals surface area contributed by atoms with E-state index in [1.54, 1.807) is 24.3 Å². The maximum atomic E-state index is 12.3. The Morgan fingerprint density at radius 3 is 2.27 bits per heavy atom. The van der Waals surface area contributed by atoms with Crippen molar-refractivity contribution in [2.24, 2.45) is 4.99 Å². The summed E-state index contributed by atoms with van der Waals surface area (Å²) < 4.78 is 22.6. The molecule has 168 valence electrons. The number of guanidine groups is 1. The number of carbonyl (C=O) groups is 2. The second-order valence-corrected chi connectivity index (χ2v) is 9.50. The first-order chi connectivity index (χ1) is 13.7. The Balaban J connectivity index is 0.00000450. The minimum Gasteiger partial charge on any atom is -0.357 e. The molecule has 0 fully saturated rings. The number of nitrogens with one attached hydrogen (secondary N) is 2. The van der Waals surface area contributed by atoms with Crippen LogP contribution in [0.25, 0.3) is 0 Å². The van der Waals surface area contributed by atoms with Gasteiger partial charge >= 0.3 is 0 Å². The molecule has 1 aliphatic rings. The number of nitrogens with zero attached hydrogens (tertiary/aromatic N) is 2. The van der Waals surface area contributed by atoms with Crippen LogP contribution in [-0.2, 0) is 9.84 Å². The molecule has 30 heavy (non-hydrogen) atoms. The maximum absolute atomic E-state index is 12.3. The molecule has 1 aromatic rings. The van der Waals surface area contributed by atoms with Crippen LogP contribution in [0.5, 0.6) is 0 Å². The molecule has 10 heteroatoms. The first-order valence-corrected chi connectivity index (χ1v) is 12.0. The van der Waals surface area contributed by atoms with E-state index < -0.39 is 9.84 Å². The van der Waals surface area contributed by atoms with Crippen molar-refractivity contribution in [2.75, 3.05) is 31.6 Å². The van der Waals surface area contributed by atoms with Crippen LogP contribution in [0.3, 0.4) is 0 Å². The molecule has 0 saturated heterocycles. The summed E-state index contributed by atoms with van der Waals surface area (Å²) in [5.74, 6) is 0.294. The van der Waals surface area contributed by atoms with Gasteiger partial charge in [-0.3, -0.25) is 19.5 Å². The predicted molar refractivity (Wildman–Crippen MR) is 129 cm³/mol. The second-order valence-electron chi connectivity index (χ2n) is 7.24. The molecule has 0 bridgehead atoms. The number of fused-ring (bicyclic) bond motifs is 1. The summed E-state index contributed by atoms with van der Waals surface area (Å²) >= 11 is 0. The van der Waals surface area contributed by atoms with E-state index in [9.17, 15) is 18.0 Å². The lowest BCUT2D eigenvalue weighted by molar-refractivity contribution is 0.0652. The fourth-order valence-corrected chi connectivity index (χ4v) is 3.81. The van der Waals surface area contributed by atoms with Gasteiger partial charge < -0.3 is 10.6 Å². The van der Waals surface area contributed by atoms with E-state index in [1.807, 2.05) is 13.8 Å². The summed E-state index contributed by atoms with van der Waals surface area (Å²) in [6.07, 6.45) is 3.12. The molecule has 0 aliphatic carbocycles. The highest BCUT2D eigenvalue weighted by Gasteiger charge is 2.34. The van der Waals surface area contributed by atoms with Crippen molar-refractivity contribution in [3.8, 4) is 0 Å². The Bertz CT molecular complexity index is 838. The van der Waals surface area contributed by atoms with Crippen LogP contribution in [0.2, 0.25) is 0 Å². The van der Waals surface area contributed by atoms with E-state index in [1.165, 1.54) is 11.2 Å². The van der Waals surface area contributed by atoms with Crippen molar-refractivity contribution in [2.45, 2.75) is 39.2 Å². The Morgan fingerprint density at radius 1 is 1.13 bits per heavy atom. The molecule has 1 atom stereocenters. The second kappa shape index (κ2) is 12.2. The van der Waals surface area contributed by atoms with Crippen LogP contribution in [-0.4, -0.2) is 68.8 Å². The van der Waals surface area contributed by atoms with E-state index in [4.69, 9.17) is 0 Å². The van der Waals surface area contributed by atoms with Gasteiger partial charge in [0.2, 0.25) is 0 Å². The van der Waals surface area contributed by atoms with Crippen LogP contribution in [0.1, 0.15) is 53.8 Å². The molecule has 1 aromatic carbocycles. The quantitative estimate of drug-likeness (QED) is 0.152. The van der Waals surface area contributed by atoms with Crippen molar-refractivity contribution in [1.29, 1.82) is 0 Å². The highest BCUT2D eigenvalue weighted by atomic mass is 127. The van der Waals surface area contributed by atoms with Gasteiger partial charge in [-0.1, -0.05) is 12.1 Å². The van der Waals surface area contributed by atoms with Gasteiger partial charge in [-0.2, -0.15) is 0 Å². The van der Waals surface area contributed by atoms with Crippen molar-refractivity contribution >= 4 is 51.6 Å². The van der Waals surface area contributed by atoms with E-state index >= 15 is 0 Å². The zero-order valence-electron chi connectivity index (χ0n) is 17.7. The van der Waals surface area contributed by atoms with Crippen molar-refractivity contribution in [3.05, 3.63) is 35.4 Å². The van der Waals surface area contributed by atoms with Gasteiger partial charge in [0.25, 0.3) is 11.8 Å². The van der Waals surface area contributed by atoms with Crippen molar-refractivity contribution < 1.29 is 18.0 Å². The number of hydrogen-bond donors (Lipinski definition) is 2. The lowest BCUT2D eigenvalue weighted by Gasteiger charge is -2.17. The molecule has 0 radical (unpaired) electrons. The van der Waals surface area contributed by atoms with Gasteiger partial charge in [0.1, 0.15) is 9.84 Å². The molecule has 0 saturated carbocycles. The van der Waals surface area contributed by atoms with Crippen LogP contribution >= 0.6 is 24.0 Å². The number of amides is 2. The number of benzene rings is 1. The molecule has 8 nitrogen and oxygen atoms in total. The van der Waals surface area contributed by atoms with Gasteiger partial charge in [0, 0.05) is 31.9 Å². The first kappa shape index (κ1) is 26.3. The molecule has 1 heterocycles. The highest BCUT2D eigenvalue weighted by Crippen LogP contribution is 2.22. The largest absolute Gasteiger partial charge is 0.357 e. The molecule has 0 spiro atoms. The zero-order chi connectivity index (χ0) is 21.4. The fraction of sp³-hybridized carbons (Fsp3) is 0.550. The minimum atomic E-state index is -2.99. The summed E-state index contributed by atoms with van der Waals surface area (Å²) in [5, 5.41) is 6.34. The molecule has 1 unspecified atom stereocenters. The average molecular weight is 550 g/mol. The normalized spacial score (nSPS) is 14.9. The number of imide groups is 1. The number of hydrogen-bond acceptors (Lipinski definition) is 5. The first-order valence-electron chi connectivity index (χ1n) is 9.90. The van der Waals surface area contributed by atoms with Gasteiger partial charge in [-0.05, 0) is 45.2 Å². The Kier molecular flexibility index (Phi) is 10.7. The molecular formula is C20H31IN4O4S. The molecule has 2 N–H and O–H groups in total. The topological polar surface area (TPSA) is 108 Å². The molecule has 2 amide bonds. The monoisotopic (exact) mass is 550 g/mol. The lowest BCUT2D eigenvalue weighted by atomic mass is 10.1. The number of rotatable bonds is 10. The predicted octanol–water partition coefficient (Wildman–Crippen LogP) is 2.06. The van der Waals surface area contributed by atoms with Crippen molar-refractivity contribution in [1.82, 2.24) is 15.5 Å². The Hall–Kier alpha value is -1.69. The molecular weight excluding hydrogens is 519 g/mol. The van der Waals surface area contributed by atoms with Gasteiger partial charge in [-0.15, -0.1) is 24.0 Å². The number of aliphatic imine (C=N–C) groups is 1. The molecule has 1 aliphatic heterocycles. The van der Waals surface area contributed by atoms with Gasteiger partial charge in [0.05, 0.1) is 16.9 Å². The summed E-state index contributed by atoms with van der Waals surface area (Å²) in [6.45, 7) is 5.48. The number of halogens is 1. The maximum Gasteiger partial charge on any atom is 0.261 e. The third kappa shape index (κ3) is 7.86. The number of carbonyl (C=O) groups excluding carboxylic acids is 2. The standard InChI is InChI=1S/C20H30N4O4S.HI/c1-4-21-20(23-15(2)11-14-29(3,27)28)22-12-7-8-13-24-18(25)16-9-5-6-10-17(16)19(24)26;/h5-6,9-10,15H,4,7-8,11-14H2,1-3H3,(H2,21,22,23);1H. The van der Waals surface area contributed by atoms with E-state index in [0.29, 0.717) is 49.6 Å². The Labute approximate surface area is 195 Å². The smallest absolute Gasteiger partial charge is 0.261 e. The fourth-order valence-electron chi connectivity index (χ4n) is 3.03. The summed E-state index contributed by atoms with van der Waals surface area (Å²) in [6, 6.07) is 6.85. The third-order valence-corrected chi connectivity index (χ3v) is 5.56. The number of unbranched alkanes of at least 4 members (excludes halogenated alkanes) is 1. The van der Waals surface area contributed by atoms with Crippen LogP contribution in [0.15, 0.2) is 29.3 Å². The minimum absolute atomic E-state index is 0. The van der Waals surface area contributed by atoms with E-state index in [0.717, 1.165) is 6.42 Å². The van der Waals surface area contributed by atoms with Crippen molar-refractivity contribution in [3.63, 3.8) is 0 Å².